The summed E-state index contributed by atoms with van der Waals surface area (Å²) in [5, 5.41) is 8.53. The van der Waals surface area contributed by atoms with Gasteiger partial charge in [0.05, 0.1) is 0 Å². The van der Waals surface area contributed by atoms with Crippen LogP contribution in [0.25, 0.3) is 10.9 Å². The molecule has 1 aromatic carbocycles. The molecule has 2 saturated heterocycles. The van der Waals surface area contributed by atoms with Gasteiger partial charge in [0.25, 0.3) is 0 Å². The number of nitrogens with one attached hydrogen (secondary N) is 3. The second-order valence-corrected chi connectivity index (χ2v) is 9.04. The normalized spacial score (nSPS) is 20.4. The van der Waals surface area contributed by atoms with Crippen molar-refractivity contribution >= 4 is 40.8 Å². The molecule has 7 heteroatoms. The van der Waals surface area contributed by atoms with E-state index in [4.69, 9.17) is 0 Å². The number of likely N-dealkylation sites (tertiary alicyclic amines) is 2. The van der Waals surface area contributed by atoms with Gasteiger partial charge in [-0.15, -0.1) is 24.0 Å². The lowest BCUT2D eigenvalue weighted by Crippen LogP contribution is -2.62. The first-order valence-electron chi connectivity index (χ1n) is 11.6. The van der Waals surface area contributed by atoms with Crippen LogP contribution in [0.1, 0.15) is 37.7 Å². The molecule has 6 nitrogen and oxygen atoms in total. The first-order valence-corrected chi connectivity index (χ1v) is 11.6. The fraction of sp³-hybridized carbons (Fsp3) is 0.625. The lowest BCUT2D eigenvalue weighted by molar-refractivity contribution is 0.0173. The highest BCUT2D eigenvalue weighted by Gasteiger charge is 2.39. The quantitative estimate of drug-likeness (QED) is 0.300. The third-order valence-electron chi connectivity index (χ3n) is 7.11. The van der Waals surface area contributed by atoms with E-state index in [1.807, 2.05) is 7.05 Å². The van der Waals surface area contributed by atoms with Crippen LogP contribution < -0.4 is 10.6 Å². The van der Waals surface area contributed by atoms with Crippen LogP contribution in [0.15, 0.2) is 35.5 Å². The number of piperidine rings is 2. The molecule has 0 atom stereocenters. The van der Waals surface area contributed by atoms with Crippen LogP contribution in [0.3, 0.4) is 0 Å². The van der Waals surface area contributed by atoms with Crippen LogP contribution in [0.5, 0.6) is 0 Å². The first kappa shape index (κ1) is 24.3. The Morgan fingerprint density at radius 1 is 1.06 bits per heavy atom. The Hall–Kier alpha value is -1.32. The molecule has 0 unspecified atom stereocenters. The number of aliphatic imine (C=N–C) groups is 1. The van der Waals surface area contributed by atoms with E-state index in [9.17, 15) is 0 Å². The van der Waals surface area contributed by atoms with E-state index in [1.165, 1.54) is 74.7 Å². The predicted octanol–water partition coefficient (Wildman–Crippen LogP) is 3.44. The fourth-order valence-corrected chi connectivity index (χ4v) is 5.13. The zero-order valence-electron chi connectivity index (χ0n) is 19.1. The summed E-state index contributed by atoms with van der Waals surface area (Å²) >= 11 is 0. The van der Waals surface area contributed by atoms with Gasteiger partial charge in [-0.1, -0.05) is 24.6 Å². The molecule has 31 heavy (non-hydrogen) atoms. The zero-order valence-corrected chi connectivity index (χ0v) is 21.5. The third kappa shape index (κ3) is 5.93. The first-order chi connectivity index (χ1) is 14.7. The van der Waals surface area contributed by atoms with Gasteiger partial charge in [0.1, 0.15) is 0 Å². The van der Waals surface area contributed by atoms with Crippen LogP contribution in [0.2, 0.25) is 0 Å². The number of guanidine groups is 1. The van der Waals surface area contributed by atoms with Crippen molar-refractivity contribution in [1.82, 2.24) is 25.4 Å². The minimum atomic E-state index is 0. The molecule has 0 spiro atoms. The molecular weight excluding hydrogens is 499 g/mol. The molecular formula is C24H39IN6. The third-order valence-corrected chi connectivity index (χ3v) is 7.11. The number of benzene rings is 1. The van der Waals surface area contributed by atoms with Crippen molar-refractivity contribution < 1.29 is 0 Å². The summed E-state index contributed by atoms with van der Waals surface area (Å²) in [5.41, 5.74) is 2.83. The minimum Gasteiger partial charge on any atom is -0.361 e. The summed E-state index contributed by atoms with van der Waals surface area (Å²) < 4.78 is 0. The smallest absolute Gasteiger partial charge is 0.191 e. The number of para-hydroxylation sites is 1. The predicted molar refractivity (Wildman–Crippen MR) is 142 cm³/mol. The largest absolute Gasteiger partial charge is 0.361 e. The number of hydrogen-bond donors (Lipinski definition) is 3. The average Bonchev–Trinajstić information content (AvgIpc) is 3.21. The molecule has 0 amide bonds. The molecule has 2 aliphatic rings. The average molecular weight is 539 g/mol. The van der Waals surface area contributed by atoms with E-state index >= 15 is 0 Å². The number of halogens is 1. The number of hydrogen-bond acceptors (Lipinski definition) is 3. The molecule has 3 N–H and O–H groups in total. The Bertz CT molecular complexity index is 833. The number of aromatic nitrogens is 1. The van der Waals surface area contributed by atoms with Crippen molar-refractivity contribution in [1.29, 1.82) is 0 Å². The SMILES string of the molecule is CN=C(NCCc1c[nH]c2ccccc12)NCC1(N2CCCCC2)CCN(C)CC1.I. The zero-order chi connectivity index (χ0) is 20.8. The number of H-pyrrole nitrogens is 1. The number of nitrogens with zero attached hydrogens (tertiary/aromatic N) is 3. The van der Waals surface area contributed by atoms with Crippen molar-refractivity contribution in [2.75, 3.05) is 53.4 Å². The van der Waals surface area contributed by atoms with Gasteiger partial charge in [0.15, 0.2) is 5.96 Å². The van der Waals surface area contributed by atoms with E-state index in [0.29, 0.717) is 0 Å². The minimum absolute atomic E-state index is 0. The topological polar surface area (TPSA) is 58.7 Å². The van der Waals surface area contributed by atoms with Crippen LogP contribution >= 0.6 is 24.0 Å². The molecule has 0 aliphatic carbocycles. The van der Waals surface area contributed by atoms with Crippen LogP contribution in [0, 0.1) is 0 Å². The second-order valence-electron chi connectivity index (χ2n) is 9.04. The highest BCUT2D eigenvalue weighted by atomic mass is 127. The molecule has 0 bridgehead atoms. The van der Waals surface area contributed by atoms with Crippen LogP contribution in [-0.4, -0.2) is 79.6 Å². The molecule has 2 aliphatic heterocycles. The summed E-state index contributed by atoms with van der Waals surface area (Å²) in [5.74, 6) is 0.921. The lowest BCUT2D eigenvalue weighted by atomic mass is 9.84. The van der Waals surface area contributed by atoms with Gasteiger partial charge in [-0.3, -0.25) is 9.89 Å². The maximum absolute atomic E-state index is 4.50. The van der Waals surface area contributed by atoms with E-state index in [0.717, 1.165) is 25.5 Å². The van der Waals surface area contributed by atoms with Gasteiger partial charge in [0.2, 0.25) is 0 Å². The van der Waals surface area contributed by atoms with E-state index in [1.54, 1.807) is 0 Å². The van der Waals surface area contributed by atoms with E-state index in [-0.39, 0.29) is 29.5 Å². The van der Waals surface area contributed by atoms with E-state index in [2.05, 4.69) is 67.9 Å². The Morgan fingerprint density at radius 2 is 1.81 bits per heavy atom. The maximum atomic E-state index is 4.50. The summed E-state index contributed by atoms with van der Waals surface area (Å²) in [6, 6.07) is 8.51. The molecule has 172 valence electrons. The fourth-order valence-electron chi connectivity index (χ4n) is 5.13. The Labute approximate surface area is 204 Å². The Morgan fingerprint density at radius 3 is 2.55 bits per heavy atom. The molecule has 0 radical (unpaired) electrons. The van der Waals surface area contributed by atoms with Gasteiger partial charge in [-0.25, -0.2) is 0 Å². The Balaban J connectivity index is 0.00000272. The van der Waals surface area contributed by atoms with Gasteiger partial charge in [0, 0.05) is 42.8 Å². The lowest BCUT2D eigenvalue weighted by Gasteiger charge is -2.50. The maximum Gasteiger partial charge on any atom is 0.191 e. The summed E-state index contributed by atoms with van der Waals surface area (Å²) in [6.45, 7) is 6.72. The second kappa shape index (κ2) is 11.5. The van der Waals surface area contributed by atoms with Crippen molar-refractivity contribution in [3.8, 4) is 0 Å². The number of fused-ring (bicyclic) bond motifs is 1. The van der Waals surface area contributed by atoms with E-state index < -0.39 is 0 Å². The van der Waals surface area contributed by atoms with Gasteiger partial charge in [-0.05, 0) is 77.0 Å². The molecule has 2 fully saturated rings. The van der Waals surface area contributed by atoms with Crippen LogP contribution in [0.4, 0.5) is 0 Å². The Kier molecular flexibility index (Phi) is 9.04. The van der Waals surface area contributed by atoms with Gasteiger partial charge < -0.3 is 20.5 Å². The number of rotatable bonds is 6. The monoisotopic (exact) mass is 538 g/mol. The number of aromatic amines is 1. The summed E-state index contributed by atoms with van der Waals surface area (Å²) in [4.78, 5) is 13.1. The van der Waals surface area contributed by atoms with Gasteiger partial charge in [-0.2, -0.15) is 0 Å². The van der Waals surface area contributed by atoms with Crippen molar-refractivity contribution in [3.05, 3.63) is 36.0 Å². The summed E-state index contributed by atoms with van der Waals surface area (Å²) in [7, 11) is 4.13. The van der Waals surface area contributed by atoms with Crippen LogP contribution in [-0.2, 0) is 6.42 Å². The highest BCUT2D eigenvalue weighted by molar-refractivity contribution is 14.0. The van der Waals surface area contributed by atoms with Crippen molar-refractivity contribution in [2.45, 2.75) is 44.1 Å². The molecule has 0 saturated carbocycles. The molecule has 3 heterocycles. The van der Waals surface area contributed by atoms with Crippen molar-refractivity contribution in [2.24, 2.45) is 4.99 Å². The van der Waals surface area contributed by atoms with Crippen molar-refractivity contribution in [3.63, 3.8) is 0 Å². The summed E-state index contributed by atoms with van der Waals surface area (Å²) in [6.07, 6.45) is 9.66. The van der Waals surface area contributed by atoms with Gasteiger partial charge >= 0.3 is 0 Å². The molecule has 2 aromatic rings. The standard InChI is InChI=1S/C24H38N6.HI/c1-25-23(26-13-10-20-18-27-22-9-5-4-8-21(20)22)28-19-24(11-16-29(2)17-12-24)30-14-6-3-7-15-30;/h4-5,8-9,18,27H,3,6-7,10-17,19H2,1-2H3,(H2,25,26,28);1H. The molecule has 1 aromatic heterocycles. The highest BCUT2D eigenvalue weighted by Crippen LogP contribution is 2.30. The molecule has 4 rings (SSSR count).